The first kappa shape index (κ1) is 4.82. The van der Waals surface area contributed by atoms with Gasteiger partial charge in [0.15, 0.2) is 0 Å². The number of hydrogen-bond donors (Lipinski definition) is 0. The van der Waals surface area contributed by atoms with E-state index >= 15 is 0 Å². The summed E-state index contributed by atoms with van der Waals surface area (Å²) in [6, 6.07) is 0.500. The van der Waals surface area contributed by atoms with Crippen molar-refractivity contribution < 1.29 is 0 Å². The lowest BCUT2D eigenvalue weighted by Gasteiger charge is -1.94. The van der Waals surface area contributed by atoms with Crippen molar-refractivity contribution in [1.29, 1.82) is 0 Å². The van der Waals surface area contributed by atoms with Crippen molar-refractivity contribution in [2.24, 2.45) is 4.99 Å². The van der Waals surface area contributed by atoms with E-state index in [4.69, 9.17) is 6.72 Å². The van der Waals surface area contributed by atoms with E-state index in [-0.39, 0.29) is 0 Å². The molecule has 0 aromatic carbocycles. The quantitative estimate of drug-likeness (QED) is 0.439. The largest absolute Gasteiger partial charge is 0.288 e. The SMILES string of the molecule is [CH]=NC1CCCC1. The first-order chi connectivity index (χ1) is 3.43. The minimum absolute atomic E-state index is 0.500. The summed E-state index contributed by atoms with van der Waals surface area (Å²) in [5.74, 6) is 0. The summed E-state index contributed by atoms with van der Waals surface area (Å²) in [5.41, 5.74) is 0. The Hall–Kier alpha value is -0.330. The van der Waals surface area contributed by atoms with Gasteiger partial charge in [0.25, 0.3) is 0 Å². The molecule has 39 valence electrons. The maximum Gasteiger partial charge on any atom is 0.0500 e. The van der Waals surface area contributed by atoms with Crippen LogP contribution in [-0.4, -0.2) is 12.8 Å². The normalized spacial score (nSPS) is 22.9. The van der Waals surface area contributed by atoms with Crippen LogP contribution < -0.4 is 0 Å². The van der Waals surface area contributed by atoms with Gasteiger partial charge in [-0.05, 0) is 12.8 Å². The molecule has 0 saturated heterocycles. The molecule has 1 nitrogen and oxygen atoms in total. The Bertz CT molecular complexity index is 62.6. The highest BCUT2D eigenvalue weighted by Gasteiger charge is 2.10. The summed E-state index contributed by atoms with van der Waals surface area (Å²) in [5, 5.41) is 0. The van der Waals surface area contributed by atoms with Crippen LogP contribution in [-0.2, 0) is 0 Å². The Morgan fingerprint density at radius 3 is 2.14 bits per heavy atom. The Morgan fingerprint density at radius 2 is 1.86 bits per heavy atom. The van der Waals surface area contributed by atoms with Crippen molar-refractivity contribution in [2.45, 2.75) is 31.7 Å². The minimum Gasteiger partial charge on any atom is -0.288 e. The van der Waals surface area contributed by atoms with Crippen molar-refractivity contribution in [1.82, 2.24) is 0 Å². The third-order valence-corrected chi connectivity index (χ3v) is 1.54. The summed E-state index contributed by atoms with van der Waals surface area (Å²) in [6.07, 6.45) is 5.09. The summed E-state index contributed by atoms with van der Waals surface area (Å²) in [7, 11) is 0. The predicted octanol–water partition coefficient (Wildman–Crippen LogP) is 1.51. The molecule has 1 heteroatoms. The molecule has 0 bridgehead atoms. The first-order valence-corrected chi connectivity index (χ1v) is 2.83. The zero-order chi connectivity index (χ0) is 5.11. The van der Waals surface area contributed by atoms with Crippen LogP contribution in [0.3, 0.4) is 0 Å². The van der Waals surface area contributed by atoms with Crippen LogP contribution in [0.2, 0.25) is 0 Å². The average molecular weight is 96.2 g/mol. The van der Waals surface area contributed by atoms with E-state index in [1.54, 1.807) is 0 Å². The molecule has 1 saturated carbocycles. The molecule has 0 spiro atoms. The Morgan fingerprint density at radius 1 is 1.29 bits per heavy atom. The molecular weight excluding hydrogens is 86.1 g/mol. The average Bonchev–Trinajstić information content (AvgIpc) is 2.14. The van der Waals surface area contributed by atoms with Gasteiger partial charge in [0.05, 0.1) is 0 Å². The Balaban J connectivity index is 2.26. The number of nitrogens with zero attached hydrogens (tertiary/aromatic N) is 1. The second-order valence-electron chi connectivity index (χ2n) is 2.09. The molecule has 1 aliphatic rings. The number of rotatable bonds is 1. The van der Waals surface area contributed by atoms with Crippen LogP contribution in [0.25, 0.3) is 0 Å². The third kappa shape index (κ3) is 1.02. The van der Waals surface area contributed by atoms with Crippen molar-refractivity contribution in [3.05, 3.63) is 0 Å². The van der Waals surface area contributed by atoms with Crippen LogP contribution in [0.5, 0.6) is 0 Å². The van der Waals surface area contributed by atoms with E-state index < -0.39 is 0 Å². The highest BCUT2D eigenvalue weighted by atomic mass is 14.7. The topological polar surface area (TPSA) is 12.4 Å². The number of hydrogen-bond acceptors (Lipinski definition) is 1. The van der Waals surface area contributed by atoms with Crippen molar-refractivity contribution in [2.75, 3.05) is 0 Å². The van der Waals surface area contributed by atoms with Crippen molar-refractivity contribution >= 4 is 6.72 Å². The zero-order valence-corrected chi connectivity index (χ0v) is 4.43. The molecule has 1 fully saturated rings. The highest BCUT2D eigenvalue weighted by molar-refractivity contribution is 5.24. The predicted molar refractivity (Wildman–Crippen MR) is 30.7 cm³/mol. The van der Waals surface area contributed by atoms with E-state index in [2.05, 4.69) is 4.99 Å². The van der Waals surface area contributed by atoms with Crippen LogP contribution in [0, 0.1) is 0 Å². The monoisotopic (exact) mass is 96.1 g/mol. The van der Waals surface area contributed by atoms with Gasteiger partial charge in [-0.25, -0.2) is 0 Å². The molecule has 7 heavy (non-hydrogen) atoms. The fourth-order valence-corrected chi connectivity index (χ4v) is 1.05. The molecule has 0 unspecified atom stereocenters. The lowest BCUT2D eigenvalue weighted by Crippen LogP contribution is -1.92. The van der Waals surface area contributed by atoms with Crippen LogP contribution >= 0.6 is 0 Å². The second-order valence-corrected chi connectivity index (χ2v) is 2.09. The van der Waals surface area contributed by atoms with E-state index in [0.29, 0.717) is 6.04 Å². The van der Waals surface area contributed by atoms with Gasteiger partial charge in [-0.1, -0.05) is 12.8 Å². The number of aliphatic imine (C=N–C) groups is 1. The van der Waals surface area contributed by atoms with E-state index in [0.717, 1.165) is 0 Å². The molecular formula is C6H10N. The van der Waals surface area contributed by atoms with Crippen molar-refractivity contribution in [3.63, 3.8) is 0 Å². The highest BCUT2D eigenvalue weighted by Crippen LogP contribution is 2.19. The summed E-state index contributed by atoms with van der Waals surface area (Å²) in [4.78, 5) is 3.69. The molecule has 0 heterocycles. The first-order valence-electron chi connectivity index (χ1n) is 2.83. The van der Waals surface area contributed by atoms with Crippen LogP contribution in [0.15, 0.2) is 4.99 Å². The standard InChI is InChI=1S/C6H10N/c1-7-6-4-2-3-5-6/h1,6H,2-5H2. The van der Waals surface area contributed by atoms with Gasteiger partial charge >= 0.3 is 0 Å². The molecule has 1 rings (SSSR count). The molecule has 0 atom stereocenters. The van der Waals surface area contributed by atoms with Gasteiger partial charge in [0.1, 0.15) is 0 Å². The van der Waals surface area contributed by atoms with Gasteiger partial charge in [-0.15, -0.1) is 0 Å². The maximum absolute atomic E-state index is 5.06. The molecule has 0 aromatic rings. The van der Waals surface area contributed by atoms with Crippen LogP contribution in [0.1, 0.15) is 25.7 Å². The molecule has 0 aliphatic heterocycles. The van der Waals surface area contributed by atoms with Gasteiger partial charge in [-0.3, -0.25) is 4.99 Å². The second kappa shape index (κ2) is 2.10. The van der Waals surface area contributed by atoms with E-state index in [1.807, 2.05) is 0 Å². The van der Waals surface area contributed by atoms with E-state index in [1.165, 1.54) is 25.7 Å². The Kier molecular flexibility index (Phi) is 1.45. The van der Waals surface area contributed by atoms with Crippen molar-refractivity contribution in [3.8, 4) is 0 Å². The fourth-order valence-electron chi connectivity index (χ4n) is 1.05. The smallest absolute Gasteiger partial charge is 0.0500 e. The van der Waals surface area contributed by atoms with Crippen LogP contribution in [0.4, 0.5) is 0 Å². The van der Waals surface area contributed by atoms with Gasteiger partial charge < -0.3 is 0 Å². The Labute approximate surface area is 44.5 Å². The lowest BCUT2D eigenvalue weighted by atomic mass is 10.3. The fraction of sp³-hybridized carbons (Fsp3) is 0.833. The third-order valence-electron chi connectivity index (χ3n) is 1.54. The molecule has 0 aromatic heterocycles. The minimum atomic E-state index is 0.500. The summed E-state index contributed by atoms with van der Waals surface area (Å²) < 4.78 is 0. The molecule has 1 aliphatic carbocycles. The van der Waals surface area contributed by atoms with Gasteiger partial charge in [0, 0.05) is 12.8 Å². The van der Waals surface area contributed by atoms with E-state index in [9.17, 15) is 0 Å². The molecule has 1 radical (unpaired) electrons. The van der Waals surface area contributed by atoms with Gasteiger partial charge in [0.2, 0.25) is 0 Å². The summed E-state index contributed by atoms with van der Waals surface area (Å²) in [6.45, 7) is 5.06. The molecule has 0 amide bonds. The van der Waals surface area contributed by atoms with Gasteiger partial charge in [-0.2, -0.15) is 0 Å². The lowest BCUT2D eigenvalue weighted by molar-refractivity contribution is 0.712. The zero-order valence-electron chi connectivity index (χ0n) is 4.43. The maximum atomic E-state index is 5.06. The summed E-state index contributed by atoms with van der Waals surface area (Å²) >= 11 is 0. The molecule has 0 N–H and O–H groups in total.